The number of carboxylic acid groups (broad SMARTS) is 1. The minimum Gasteiger partial charge on any atom is -0.493 e. The molecule has 1 aliphatic heterocycles. The summed E-state index contributed by atoms with van der Waals surface area (Å²) in [6, 6.07) is 13.0. The number of amides is 1. The Kier molecular flexibility index (Phi) is 10.3. The Labute approximate surface area is 328 Å². The van der Waals surface area contributed by atoms with E-state index in [1.807, 2.05) is 48.9 Å². The SMILES string of the molecule is CC(CO)N1CCc2c(nc(C(=O)Nc3cccc(-c4cccc5c4CCC5Oc4cc(OCC5CC5)c(CNC5(C(=O)O)CC5)c(F)c4Cl)c3Cl)n2C)C1. The number of anilines is 1. The van der Waals surface area contributed by atoms with Crippen molar-refractivity contribution in [1.29, 1.82) is 0 Å². The second kappa shape index (κ2) is 15.0. The van der Waals surface area contributed by atoms with Crippen LogP contribution in [-0.2, 0) is 37.8 Å². The van der Waals surface area contributed by atoms with Crippen molar-refractivity contribution in [2.45, 2.75) is 82.6 Å². The number of nitrogens with zero attached hydrogens (tertiary/aromatic N) is 3. The molecule has 11 nitrogen and oxygen atoms in total. The van der Waals surface area contributed by atoms with E-state index in [0.29, 0.717) is 61.2 Å². The van der Waals surface area contributed by atoms with Gasteiger partial charge in [-0.15, -0.1) is 0 Å². The number of aliphatic carboxylic acids is 1. The van der Waals surface area contributed by atoms with Crippen LogP contribution in [0.5, 0.6) is 11.5 Å². The highest BCUT2D eigenvalue weighted by molar-refractivity contribution is 6.36. The molecule has 4 aromatic rings. The number of benzene rings is 3. The number of halogens is 3. The van der Waals surface area contributed by atoms with Gasteiger partial charge < -0.3 is 29.6 Å². The van der Waals surface area contributed by atoms with Gasteiger partial charge in [-0.1, -0.05) is 53.5 Å². The van der Waals surface area contributed by atoms with Crippen LogP contribution in [0.15, 0.2) is 42.5 Å². The highest BCUT2D eigenvalue weighted by Crippen LogP contribution is 2.46. The fourth-order valence-corrected chi connectivity index (χ4v) is 8.23. The Morgan fingerprint density at radius 3 is 2.56 bits per heavy atom. The molecule has 4 aliphatic rings. The quantitative estimate of drug-likeness (QED) is 0.106. The van der Waals surface area contributed by atoms with Gasteiger partial charge in [0, 0.05) is 62.0 Å². The molecule has 2 unspecified atom stereocenters. The summed E-state index contributed by atoms with van der Waals surface area (Å²) in [5.41, 5.74) is 5.02. The molecule has 2 fully saturated rings. The number of aromatic nitrogens is 2. The third-order valence-electron chi connectivity index (χ3n) is 11.6. The van der Waals surface area contributed by atoms with Crippen LogP contribution in [0.2, 0.25) is 10.0 Å². The lowest BCUT2D eigenvalue weighted by atomic mass is 9.96. The number of carbonyl (C=O) groups is 2. The number of fused-ring (bicyclic) bond motifs is 2. The average Bonchev–Trinajstić information content (AvgIpc) is 4.11. The van der Waals surface area contributed by atoms with E-state index in [2.05, 4.69) is 20.5 Å². The average molecular weight is 793 g/mol. The summed E-state index contributed by atoms with van der Waals surface area (Å²) in [7, 11) is 1.84. The Morgan fingerprint density at radius 2 is 1.84 bits per heavy atom. The van der Waals surface area contributed by atoms with Crippen LogP contribution in [0.4, 0.5) is 10.1 Å². The molecule has 0 bridgehead atoms. The van der Waals surface area contributed by atoms with Crippen LogP contribution in [0.3, 0.4) is 0 Å². The van der Waals surface area contributed by atoms with Crippen molar-refractivity contribution in [3.63, 3.8) is 0 Å². The molecule has 1 aromatic heterocycles. The molecule has 3 aliphatic carbocycles. The summed E-state index contributed by atoms with van der Waals surface area (Å²) in [4.78, 5) is 32.2. The Morgan fingerprint density at radius 1 is 1.07 bits per heavy atom. The molecule has 8 rings (SSSR count). The summed E-state index contributed by atoms with van der Waals surface area (Å²) < 4.78 is 30.4. The van der Waals surface area contributed by atoms with Gasteiger partial charge in [-0.05, 0) is 74.1 Å². The maximum Gasteiger partial charge on any atom is 0.323 e. The minimum atomic E-state index is -1.05. The van der Waals surface area contributed by atoms with Gasteiger partial charge in [-0.25, -0.2) is 9.37 Å². The van der Waals surface area contributed by atoms with Gasteiger partial charge in [-0.3, -0.25) is 19.8 Å². The zero-order chi connectivity index (χ0) is 38.6. The van der Waals surface area contributed by atoms with E-state index >= 15 is 4.39 Å². The molecule has 55 heavy (non-hydrogen) atoms. The van der Waals surface area contributed by atoms with Gasteiger partial charge in [-0.2, -0.15) is 0 Å². The number of rotatable bonds is 14. The van der Waals surface area contributed by atoms with Crippen molar-refractivity contribution < 1.29 is 33.7 Å². The lowest BCUT2D eigenvalue weighted by Gasteiger charge is -2.30. The Bertz CT molecular complexity index is 2170. The van der Waals surface area contributed by atoms with E-state index in [4.69, 9.17) is 32.7 Å². The van der Waals surface area contributed by atoms with E-state index in [1.54, 1.807) is 12.1 Å². The Hall–Kier alpha value is -4.20. The molecular weight excluding hydrogens is 748 g/mol. The molecule has 290 valence electrons. The fourth-order valence-electron chi connectivity index (χ4n) is 7.74. The molecular formula is C41H44Cl2FN5O6. The predicted molar refractivity (Wildman–Crippen MR) is 206 cm³/mol. The zero-order valence-electron chi connectivity index (χ0n) is 30.8. The summed E-state index contributed by atoms with van der Waals surface area (Å²) >= 11 is 13.7. The third-order valence-corrected chi connectivity index (χ3v) is 12.3. The van der Waals surface area contributed by atoms with Gasteiger partial charge in [0.1, 0.15) is 28.2 Å². The second-order valence-electron chi connectivity index (χ2n) is 15.3. The molecule has 14 heteroatoms. The van der Waals surface area contributed by atoms with Crippen LogP contribution in [0, 0.1) is 11.7 Å². The van der Waals surface area contributed by atoms with Crippen molar-refractivity contribution in [3.8, 4) is 22.6 Å². The van der Waals surface area contributed by atoms with Crippen LogP contribution >= 0.6 is 23.2 Å². The van der Waals surface area contributed by atoms with Crippen molar-refractivity contribution in [2.24, 2.45) is 13.0 Å². The largest absolute Gasteiger partial charge is 0.493 e. The highest BCUT2D eigenvalue weighted by Gasteiger charge is 2.50. The van der Waals surface area contributed by atoms with Crippen LogP contribution in [0.1, 0.15) is 83.8 Å². The molecule has 2 saturated carbocycles. The monoisotopic (exact) mass is 791 g/mol. The number of aliphatic hydroxyl groups is 1. The van der Waals surface area contributed by atoms with Crippen molar-refractivity contribution >= 4 is 40.8 Å². The second-order valence-corrected chi connectivity index (χ2v) is 16.0. The first-order valence-corrected chi connectivity index (χ1v) is 19.6. The molecule has 2 heterocycles. The lowest BCUT2D eigenvalue weighted by molar-refractivity contribution is -0.140. The molecule has 3 aromatic carbocycles. The van der Waals surface area contributed by atoms with E-state index in [-0.39, 0.29) is 47.3 Å². The molecule has 2 atom stereocenters. The number of carboxylic acids is 1. The van der Waals surface area contributed by atoms with E-state index < -0.39 is 23.4 Å². The van der Waals surface area contributed by atoms with Crippen molar-refractivity contribution in [2.75, 3.05) is 25.1 Å². The minimum absolute atomic E-state index is 0.00223. The molecule has 4 N–H and O–H groups in total. The van der Waals surface area contributed by atoms with Gasteiger partial charge in [0.2, 0.25) is 0 Å². The normalized spacial score (nSPS) is 19.1. The van der Waals surface area contributed by atoms with E-state index in [1.165, 1.54) is 0 Å². The molecule has 1 amide bonds. The molecule has 0 radical (unpaired) electrons. The zero-order valence-corrected chi connectivity index (χ0v) is 32.3. The molecule has 0 saturated heterocycles. The molecule has 0 spiro atoms. The number of aliphatic hydroxyl groups excluding tert-OH is 1. The highest BCUT2D eigenvalue weighted by atomic mass is 35.5. The van der Waals surface area contributed by atoms with Crippen LogP contribution < -0.4 is 20.1 Å². The third kappa shape index (κ3) is 7.31. The van der Waals surface area contributed by atoms with E-state index in [0.717, 1.165) is 59.4 Å². The summed E-state index contributed by atoms with van der Waals surface area (Å²) in [6.45, 7) is 3.75. The van der Waals surface area contributed by atoms with Crippen molar-refractivity contribution in [1.82, 2.24) is 19.8 Å². The van der Waals surface area contributed by atoms with Crippen molar-refractivity contribution in [3.05, 3.63) is 92.2 Å². The van der Waals surface area contributed by atoms with E-state index in [9.17, 15) is 19.8 Å². The summed E-state index contributed by atoms with van der Waals surface area (Å²) in [6.07, 6.45) is 4.62. The van der Waals surface area contributed by atoms with Gasteiger partial charge >= 0.3 is 5.97 Å². The number of ether oxygens (including phenoxy) is 2. The topological polar surface area (TPSA) is 138 Å². The number of hydrogen-bond donors (Lipinski definition) is 4. The van der Waals surface area contributed by atoms with Crippen LogP contribution in [-0.4, -0.2) is 67.9 Å². The summed E-state index contributed by atoms with van der Waals surface area (Å²) in [5.74, 6) is -0.876. The summed E-state index contributed by atoms with van der Waals surface area (Å²) in [5, 5.41) is 25.5. The standard InChI is InChI=1S/C41H44Cl2FN5O6/c1-22(20-50)49-16-13-31-30(19-49)46-38(48(31)2)39(51)47-29-8-4-7-27(35(29)42)24-5-3-6-26-25(24)11-12-32(26)55-34-17-33(54-21-23-9-10-23)28(37(44)36(34)43)18-45-41(14-15-41)40(52)53/h3-8,17,22-23,32,45,50H,9-16,18-21H2,1-2H3,(H,47,51)(H,52,53). The number of hydrogen-bond acceptors (Lipinski definition) is 8. The number of carbonyl (C=O) groups excluding carboxylic acids is 1. The maximum absolute atomic E-state index is 16.0. The van der Waals surface area contributed by atoms with Gasteiger partial charge in [0.25, 0.3) is 5.91 Å². The number of nitrogens with one attached hydrogen (secondary N) is 2. The van der Waals surface area contributed by atoms with Crippen LogP contribution in [0.25, 0.3) is 11.1 Å². The number of imidazole rings is 1. The maximum atomic E-state index is 16.0. The van der Waals surface area contributed by atoms with Gasteiger partial charge in [0.05, 0.1) is 29.6 Å². The first-order valence-electron chi connectivity index (χ1n) is 18.9. The smallest absolute Gasteiger partial charge is 0.323 e. The first kappa shape index (κ1) is 37.7. The lowest BCUT2D eigenvalue weighted by Crippen LogP contribution is -2.39. The first-order chi connectivity index (χ1) is 26.5. The Balaban J connectivity index is 1.02. The van der Waals surface area contributed by atoms with Gasteiger partial charge in [0.15, 0.2) is 11.6 Å². The fraction of sp³-hybridized carbons (Fsp3) is 0.439. The predicted octanol–water partition coefficient (Wildman–Crippen LogP) is 7.09.